The number of benzene rings is 1. The zero-order valence-corrected chi connectivity index (χ0v) is 10.7. The number of hydrogen-bond donors (Lipinski definition) is 1. The molecule has 1 N–H and O–H groups in total. The summed E-state index contributed by atoms with van der Waals surface area (Å²) in [4.78, 5) is 12.9. The number of rotatable bonds is 3. The highest BCUT2D eigenvalue weighted by Gasteiger charge is 2.40. The van der Waals surface area contributed by atoms with Crippen LogP contribution in [0.3, 0.4) is 0 Å². The summed E-state index contributed by atoms with van der Waals surface area (Å²) in [7, 11) is 0. The maximum atomic E-state index is 13.7. The van der Waals surface area contributed by atoms with E-state index in [9.17, 15) is 22.4 Å². The van der Waals surface area contributed by atoms with Crippen LogP contribution in [-0.2, 0) is 4.79 Å². The first-order valence-electron chi connectivity index (χ1n) is 6.17. The highest BCUT2D eigenvalue weighted by molar-refractivity contribution is 5.84. The summed E-state index contributed by atoms with van der Waals surface area (Å²) in [6.07, 6.45) is -6.33. The second kappa shape index (κ2) is 5.40. The number of nitrogens with zero attached hydrogens (tertiary/aromatic N) is 1. The van der Waals surface area contributed by atoms with Gasteiger partial charge in [-0.05, 0) is 13.0 Å². The molecule has 7 heteroatoms. The second-order valence-corrected chi connectivity index (χ2v) is 4.71. The van der Waals surface area contributed by atoms with Gasteiger partial charge in [0.1, 0.15) is 12.0 Å². The van der Waals surface area contributed by atoms with E-state index in [2.05, 4.69) is 5.32 Å². The van der Waals surface area contributed by atoms with E-state index in [0.717, 1.165) is 4.90 Å². The standard InChI is InChI=1S/C13H14F4N2O/c1-8-12(20)19(7-6-13(15,16)17)11(18-8)9-4-2-3-5-10(9)14/h2-5,8,11,18H,6-7H2,1H3. The monoisotopic (exact) mass is 290 g/mol. The average molecular weight is 290 g/mol. The largest absolute Gasteiger partial charge is 0.390 e. The highest BCUT2D eigenvalue weighted by Crippen LogP contribution is 2.29. The lowest BCUT2D eigenvalue weighted by Gasteiger charge is -2.25. The van der Waals surface area contributed by atoms with Gasteiger partial charge < -0.3 is 4.90 Å². The first-order chi connectivity index (χ1) is 9.29. The fraction of sp³-hybridized carbons (Fsp3) is 0.462. The van der Waals surface area contributed by atoms with Gasteiger partial charge in [-0.15, -0.1) is 0 Å². The maximum Gasteiger partial charge on any atom is 0.390 e. The zero-order valence-electron chi connectivity index (χ0n) is 10.7. The van der Waals surface area contributed by atoms with Crippen molar-refractivity contribution in [3.63, 3.8) is 0 Å². The van der Waals surface area contributed by atoms with Crippen molar-refractivity contribution in [1.82, 2.24) is 10.2 Å². The number of nitrogens with one attached hydrogen (secondary N) is 1. The summed E-state index contributed by atoms with van der Waals surface area (Å²) in [5, 5.41) is 2.82. The normalized spacial score (nSPS) is 23.4. The van der Waals surface area contributed by atoms with E-state index in [4.69, 9.17) is 0 Å². The molecular formula is C13H14F4N2O. The quantitative estimate of drug-likeness (QED) is 0.868. The van der Waals surface area contributed by atoms with Gasteiger partial charge in [0.25, 0.3) is 0 Å². The molecule has 2 unspecified atom stereocenters. The van der Waals surface area contributed by atoms with E-state index in [0.29, 0.717) is 0 Å². The summed E-state index contributed by atoms with van der Waals surface area (Å²) in [6, 6.07) is 5.10. The van der Waals surface area contributed by atoms with Crippen LogP contribution in [0.15, 0.2) is 24.3 Å². The predicted octanol–water partition coefficient (Wildman–Crippen LogP) is 2.60. The summed E-state index contributed by atoms with van der Waals surface area (Å²) < 4.78 is 50.7. The third kappa shape index (κ3) is 3.09. The fourth-order valence-electron chi connectivity index (χ4n) is 2.22. The molecule has 0 spiro atoms. The number of carbonyl (C=O) groups is 1. The Morgan fingerprint density at radius 2 is 1.95 bits per heavy atom. The van der Waals surface area contributed by atoms with Gasteiger partial charge in [-0.2, -0.15) is 13.2 Å². The predicted molar refractivity (Wildman–Crippen MR) is 64.1 cm³/mol. The van der Waals surface area contributed by atoms with Gasteiger partial charge in [0.2, 0.25) is 5.91 Å². The third-order valence-corrected chi connectivity index (χ3v) is 3.21. The van der Waals surface area contributed by atoms with Crippen molar-refractivity contribution < 1.29 is 22.4 Å². The van der Waals surface area contributed by atoms with Crippen LogP contribution in [0.2, 0.25) is 0 Å². The van der Waals surface area contributed by atoms with E-state index in [1.807, 2.05) is 0 Å². The van der Waals surface area contributed by atoms with Crippen LogP contribution in [0.4, 0.5) is 17.6 Å². The Hall–Kier alpha value is -1.63. The first-order valence-corrected chi connectivity index (χ1v) is 6.17. The smallest absolute Gasteiger partial charge is 0.321 e. The van der Waals surface area contributed by atoms with Gasteiger partial charge in [-0.3, -0.25) is 10.1 Å². The molecule has 0 radical (unpaired) electrons. The minimum atomic E-state index is -4.36. The van der Waals surface area contributed by atoms with Crippen LogP contribution in [0.25, 0.3) is 0 Å². The van der Waals surface area contributed by atoms with Gasteiger partial charge in [0.15, 0.2) is 0 Å². The molecular weight excluding hydrogens is 276 g/mol. The summed E-state index contributed by atoms with van der Waals surface area (Å²) >= 11 is 0. The van der Waals surface area contributed by atoms with Crippen molar-refractivity contribution in [2.75, 3.05) is 6.54 Å². The third-order valence-electron chi connectivity index (χ3n) is 3.21. The summed E-state index contributed by atoms with van der Waals surface area (Å²) in [6.45, 7) is 1.06. The molecule has 1 fully saturated rings. The molecule has 1 aliphatic rings. The molecule has 2 rings (SSSR count). The van der Waals surface area contributed by atoms with Gasteiger partial charge >= 0.3 is 6.18 Å². The van der Waals surface area contributed by atoms with Crippen molar-refractivity contribution in [2.24, 2.45) is 0 Å². The summed E-state index contributed by atoms with van der Waals surface area (Å²) in [5.41, 5.74) is 0.173. The average Bonchev–Trinajstić information content (AvgIpc) is 2.63. The van der Waals surface area contributed by atoms with E-state index >= 15 is 0 Å². The molecule has 2 atom stereocenters. The van der Waals surface area contributed by atoms with Crippen LogP contribution in [-0.4, -0.2) is 29.6 Å². The van der Waals surface area contributed by atoms with Crippen LogP contribution < -0.4 is 5.32 Å². The number of alkyl halides is 3. The van der Waals surface area contributed by atoms with E-state index in [-0.39, 0.29) is 5.56 Å². The van der Waals surface area contributed by atoms with Gasteiger partial charge in [-0.25, -0.2) is 4.39 Å². The van der Waals surface area contributed by atoms with Gasteiger partial charge in [0, 0.05) is 12.1 Å². The van der Waals surface area contributed by atoms with Crippen molar-refractivity contribution in [2.45, 2.75) is 31.7 Å². The van der Waals surface area contributed by atoms with Crippen LogP contribution in [0.5, 0.6) is 0 Å². The van der Waals surface area contributed by atoms with Gasteiger partial charge in [0.05, 0.1) is 12.5 Å². The Morgan fingerprint density at radius 3 is 2.55 bits per heavy atom. The Bertz CT molecular complexity index is 503. The zero-order chi connectivity index (χ0) is 14.9. The number of amides is 1. The molecule has 0 aliphatic carbocycles. The Balaban J connectivity index is 2.22. The lowest BCUT2D eigenvalue weighted by Crippen LogP contribution is -2.34. The molecule has 3 nitrogen and oxygen atoms in total. The molecule has 1 heterocycles. The first kappa shape index (κ1) is 14.8. The highest BCUT2D eigenvalue weighted by atomic mass is 19.4. The van der Waals surface area contributed by atoms with Crippen molar-refractivity contribution in [3.8, 4) is 0 Å². The molecule has 1 amide bonds. The van der Waals surface area contributed by atoms with Gasteiger partial charge in [-0.1, -0.05) is 18.2 Å². The number of halogens is 4. The van der Waals surface area contributed by atoms with Crippen molar-refractivity contribution in [3.05, 3.63) is 35.6 Å². The Labute approximate surface area is 113 Å². The molecule has 20 heavy (non-hydrogen) atoms. The summed E-state index contributed by atoms with van der Waals surface area (Å²) in [5.74, 6) is -1.01. The lowest BCUT2D eigenvalue weighted by atomic mass is 10.1. The number of carbonyl (C=O) groups excluding carboxylic acids is 1. The van der Waals surface area contributed by atoms with Crippen molar-refractivity contribution in [1.29, 1.82) is 0 Å². The van der Waals surface area contributed by atoms with Crippen molar-refractivity contribution >= 4 is 5.91 Å². The lowest BCUT2D eigenvalue weighted by molar-refractivity contribution is -0.145. The minimum Gasteiger partial charge on any atom is -0.321 e. The maximum absolute atomic E-state index is 13.7. The second-order valence-electron chi connectivity index (χ2n) is 4.71. The molecule has 1 aromatic rings. The molecule has 0 aromatic heterocycles. The fourth-order valence-corrected chi connectivity index (χ4v) is 2.22. The van der Waals surface area contributed by atoms with E-state index in [1.54, 1.807) is 13.0 Å². The Kier molecular flexibility index (Phi) is 3.99. The minimum absolute atomic E-state index is 0.173. The Morgan fingerprint density at radius 1 is 1.30 bits per heavy atom. The topological polar surface area (TPSA) is 32.3 Å². The molecule has 0 bridgehead atoms. The molecule has 1 aliphatic heterocycles. The van der Waals surface area contributed by atoms with Crippen LogP contribution >= 0.6 is 0 Å². The molecule has 110 valence electrons. The van der Waals surface area contributed by atoms with Crippen LogP contribution in [0.1, 0.15) is 25.1 Å². The van der Waals surface area contributed by atoms with Crippen LogP contribution in [0, 0.1) is 5.82 Å². The molecule has 1 aromatic carbocycles. The van der Waals surface area contributed by atoms with E-state index < -0.39 is 43.1 Å². The number of hydrogen-bond acceptors (Lipinski definition) is 2. The van der Waals surface area contributed by atoms with E-state index in [1.165, 1.54) is 18.2 Å². The SMILES string of the molecule is CC1NC(c2ccccc2F)N(CCC(F)(F)F)C1=O. The molecule has 0 saturated carbocycles. The molecule has 1 saturated heterocycles.